The Morgan fingerprint density at radius 2 is 2.42 bits per heavy atom. The zero-order valence-corrected chi connectivity index (χ0v) is 6.71. The van der Waals surface area contributed by atoms with Crippen LogP contribution in [0.25, 0.3) is 0 Å². The van der Waals surface area contributed by atoms with Crippen molar-refractivity contribution in [3.8, 4) is 5.88 Å². The Bertz CT molecular complexity index is 242. The van der Waals surface area contributed by atoms with Gasteiger partial charge in [-0.3, -0.25) is 0 Å². The van der Waals surface area contributed by atoms with Gasteiger partial charge in [-0.1, -0.05) is 0 Å². The monoisotopic (exact) mass is 170 g/mol. The molecule has 0 saturated heterocycles. The molecule has 1 aromatic rings. The van der Waals surface area contributed by atoms with Gasteiger partial charge in [0.2, 0.25) is 11.8 Å². The van der Waals surface area contributed by atoms with Crippen LogP contribution in [0.5, 0.6) is 5.88 Å². The van der Waals surface area contributed by atoms with Gasteiger partial charge in [-0.15, -0.1) is 0 Å². The van der Waals surface area contributed by atoms with Crippen molar-refractivity contribution in [3.63, 3.8) is 0 Å². The van der Waals surface area contributed by atoms with Crippen LogP contribution < -0.4 is 4.74 Å². The summed E-state index contributed by atoms with van der Waals surface area (Å²) in [6.07, 6.45) is 0. The van der Waals surface area contributed by atoms with Crippen LogP contribution in [0.2, 0.25) is 0 Å². The minimum atomic E-state index is -0.568. The van der Waals surface area contributed by atoms with Crippen LogP contribution in [0.15, 0.2) is 12.1 Å². The zero-order chi connectivity index (χ0) is 8.81. The summed E-state index contributed by atoms with van der Waals surface area (Å²) in [5.41, 5.74) is 0. The lowest BCUT2D eigenvalue weighted by atomic mass is 10.5. The minimum Gasteiger partial charge on any atom is -0.475 e. The predicted molar refractivity (Wildman–Crippen MR) is 40.4 cm³/mol. The first-order chi connectivity index (χ1) is 5.83. The van der Waals surface area contributed by atoms with E-state index in [0.717, 1.165) is 0 Å². The lowest BCUT2D eigenvalue weighted by Gasteiger charge is -2.02. The number of halogens is 1. The Kier molecular flexibility index (Phi) is 3.47. The van der Waals surface area contributed by atoms with Crippen LogP contribution in [0.4, 0.5) is 4.39 Å². The maximum atomic E-state index is 12.4. The normalized spacial score (nSPS) is 9.83. The van der Waals surface area contributed by atoms with Gasteiger partial charge < -0.3 is 9.47 Å². The fraction of sp³-hybridized carbons (Fsp3) is 0.375. The number of methoxy groups -OCH3 is 1. The molecule has 0 aliphatic carbocycles. The van der Waals surface area contributed by atoms with Crippen LogP contribution in [-0.2, 0) is 4.74 Å². The second-order valence-electron chi connectivity index (χ2n) is 2.06. The summed E-state index contributed by atoms with van der Waals surface area (Å²) in [5, 5.41) is 0. The summed E-state index contributed by atoms with van der Waals surface area (Å²) >= 11 is 0. The second kappa shape index (κ2) is 4.66. The van der Waals surface area contributed by atoms with E-state index in [1.807, 2.05) is 0 Å². The summed E-state index contributed by atoms with van der Waals surface area (Å²) in [6, 6.07) is 5.27. The van der Waals surface area contributed by atoms with E-state index in [9.17, 15) is 4.39 Å². The number of pyridine rings is 1. The second-order valence-corrected chi connectivity index (χ2v) is 2.06. The third-order valence-corrected chi connectivity index (χ3v) is 1.16. The van der Waals surface area contributed by atoms with E-state index >= 15 is 0 Å². The molecule has 0 aliphatic heterocycles. The third kappa shape index (κ3) is 2.84. The van der Waals surface area contributed by atoms with Crippen LogP contribution in [0, 0.1) is 12.0 Å². The topological polar surface area (TPSA) is 31.4 Å². The molecule has 1 aromatic heterocycles. The predicted octanol–water partition coefficient (Wildman–Crippen LogP) is 1.05. The molecule has 0 aromatic carbocycles. The first-order valence-corrected chi connectivity index (χ1v) is 3.49. The molecule has 0 amide bonds. The van der Waals surface area contributed by atoms with Gasteiger partial charge in [0, 0.05) is 13.2 Å². The molecule has 1 rings (SSSR count). The van der Waals surface area contributed by atoms with Crippen LogP contribution in [0.3, 0.4) is 0 Å². The van der Waals surface area contributed by atoms with E-state index in [4.69, 9.17) is 9.47 Å². The highest BCUT2D eigenvalue weighted by atomic mass is 19.1. The summed E-state index contributed by atoms with van der Waals surface area (Å²) in [5.74, 6) is -0.409. The van der Waals surface area contributed by atoms with E-state index in [2.05, 4.69) is 11.1 Å². The molecule has 0 unspecified atom stereocenters. The number of rotatable bonds is 4. The number of nitrogens with zero attached hydrogens (tertiary/aromatic N) is 1. The molecule has 1 heterocycles. The van der Waals surface area contributed by atoms with Crippen molar-refractivity contribution >= 4 is 0 Å². The number of ether oxygens (including phenoxy) is 2. The smallest absolute Gasteiger partial charge is 0.224 e. The Labute approximate surface area is 70.1 Å². The summed E-state index contributed by atoms with van der Waals surface area (Å²) in [4.78, 5) is 3.44. The first kappa shape index (κ1) is 8.93. The molecule has 12 heavy (non-hydrogen) atoms. The maximum absolute atomic E-state index is 12.4. The van der Waals surface area contributed by atoms with Gasteiger partial charge >= 0.3 is 0 Å². The molecule has 0 bridgehead atoms. The van der Waals surface area contributed by atoms with Gasteiger partial charge in [-0.25, -0.2) is 0 Å². The van der Waals surface area contributed by atoms with Crippen molar-refractivity contribution < 1.29 is 13.9 Å². The third-order valence-electron chi connectivity index (χ3n) is 1.16. The Morgan fingerprint density at radius 1 is 1.58 bits per heavy atom. The average Bonchev–Trinajstić information content (AvgIpc) is 2.05. The van der Waals surface area contributed by atoms with E-state index in [-0.39, 0.29) is 5.88 Å². The Balaban J connectivity index is 2.41. The minimum absolute atomic E-state index is 0.159. The highest BCUT2D eigenvalue weighted by Crippen LogP contribution is 2.04. The van der Waals surface area contributed by atoms with Crippen molar-refractivity contribution in [2.24, 2.45) is 0 Å². The van der Waals surface area contributed by atoms with Gasteiger partial charge in [-0.2, -0.15) is 9.37 Å². The molecule has 0 fully saturated rings. The van der Waals surface area contributed by atoms with Crippen molar-refractivity contribution in [1.29, 1.82) is 0 Å². The number of aromatic nitrogens is 1. The van der Waals surface area contributed by atoms with Gasteiger partial charge in [0.1, 0.15) is 6.61 Å². The molecule has 4 heteroatoms. The average molecular weight is 170 g/mol. The van der Waals surface area contributed by atoms with Crippen molar-refractivity contribution in [2.75, 3.05) is 20.3 Å². The summed E-state index contributed by atoms with van der Waals surface area (Å²) in [7, 11) is 1.56. The highest BCUT2D eigenvalue weighted by molar-refractivity contribution is 5.07. The fourth-order valence-corrected chi connectivity index (χ4v) is 0.644. The van der Waals surface area contributed by atoms with Crippen molar-refractivity contribution in [1.82, 2.24) is 4.98 Å². The maximum Gasteiger partial charge on any atom is 0.224 e. The molecule has 0 spiro atoms. The first-order valence-electron chi connectivity index (χ1n) is 3.49. The molecular weight excluding hydrogens is 161 g/mol. The summed E-state index contributed by atoms with van der Waals surface area (Å²) in [6.45, 7) is 0.801. The molecule has 3 nitrogen and oxygen atoms in total. The number of hydrogen-bond donors (Lipinski definition) is 0. The van der Waals surface area contributed by atoms with E-state index in [1.54, 1.807) is 7.11 Å². The Morgan fingerprint density at radius 3 is 3.08 bits per heavy atom. The number of hydrogen-bond acceptors (Lipinski definition) is 3. The standard InChI is InChI=1S/C8H9FNO2/c1-11-5-6-12-8-4-2-3-7(9)10-8/h2-3H,5-6H2,1H3. The lowest BCUT2D eigenvalue weighted by molar-refractivity contribution is 0.143. The molecule has 65 valence electrons. The molecule has 0 atom stereocenters. The van der Waals surface area contributed by atoms with Gasteiger partial charge in [0.15, 0.2) is 0 Å². The lowest BCUT2D eigenvalue weighted by Crippen LogP contribution is -2.05. The van der Waals surface area contributed by atoms with E-state index in [0.29, 0.717) is 13.2 Å². The molecular formula is C8H9FNO2. The molecule has 0 aliphatic rings. The van der Waals surface area contributed by atoms with Crippen LogP contribution >= 0.6 is 0 Å². The van der Waals surface area contributed by atoms with Crippen molar-refractivity contribution in [2.45, 2.75) is 0 Å². The van der Waals surface area contributed by atoms with Crippen LogP contribution in [-0.4, -0.2) is 25.3 Å². The van der Waals surface area contributed by atoms with Gasteiger partial charge in [0.25, 0.3) is 0 Å². The van der Waals surface area contributed by atoms with Crippen molar-refractivity contribution in [3.05, 3.63) is 24.1 Å². The Hall–Kier alpha value is -1.16. The quantitative estimate of drug-likeness (QED) is 0.500. The highest BCUT2D eigenvalue weighted by Gasteiger charge is 1.96. The SMILES string of the molecule is COCCOc1[c]ccc(F)n1. The van der Waals surface area contributed by atoms with E-state index in [1.165, 1.54) is 12.1 Å². The van der Waals surface area contributed by atoms with E-state index < -0.39 is 5.95 Å². The largest absolute Gasteiger partial charge is 0.475 e. The molecule has 0 N–H and O–H groups in total. The van der Waals surface area contributed by atoms with Gasteiger partial charge in [-0.05, 0) is 12.1 Å². The van der Waals surface area contributed by atoms with Gasteiger partial charge in [0.05, 0.1) is 6.61 Å². The molecule has 1 radical (unpaired) electrons. The zero-order valence-electron chi connectivity index (χ0n) is 6.71. The summed E-state index contributed by atoms with van der Waals surface area (Å²) < 4.78 is 22.2. The molecule has 0 saturated carbocycles. The van der Waals surface area contributed by atoms with Crippen LogP contribution in [0.1, 0.15) is 0 Å². The fourth-order valence-electron chi connectivity index (χ4n) is 0.644.